The first kappa shape index (κ1) is 19.7. The van der Waals surface area contributed by atoms with Crippen LogP contribution in [0.15, 0.2) is 42.5 Å². The first-order valence-corrected chi connectivity index (χ1v) is 7.84. The van der Waals surface area contributed by atoms with Crippen LogP contribution in [0.4, 0.5) is 5.69 Å². The van der Waals surface area contributed by atoms with E-state index < -0.39 is 22.8 Å². The summed E-state index contributed by atoms with van der Waals surface area (Å²) in [5.41, 5.74) is 0.440. The molecule has 0 unspecified atom stereocenters. The Balaban J connectivity index is 2.23. The minimum Gasteiger partial charge on any atom is -0.508 e. The van der Waals surface area contributed by atoms with Crippen LogP contribution in [0.3, 0.4) is 0 Å². The van der Waals surface area contributed by atoms with E-state index in [1.807, 2.05) is 0 Å². The van der Waals surface area contributed by atoms with Crippen LogP contribution < -0.4 is 10.1 Å². The minimum atomic E-state index is -1.05. The average molecular weight is 374 g/mol. The fourth-order valence-electron chi connectivity index (χ4n) is 2.43. The zero-order valence-corrected chi connectivity index (χ0v) is 14.7. The molecular formula is C18H18N2O7. The number of phenolic OH excluding ortho intramolecular Hbond substituents is 1. The SMILES string of the molecule is COC(=O)[C@@H](Cc1ccc(OC)c([N+](=O)[O-])c1)NC(=O)c1ccc(O)cc1. The Morgan fingerprint density at radius 3 is 2.41 bits per heavy atom. The molecule has 142 valence electrons. The summed E-state index contributed by atoms with van der Waals surface area (Å²) in [6.07, 6.45) is -0.0126. The van der Waals surface area contributed by atoms with Crippen LogP contribution in [0.5, 0.6) is 11.5 Å². The van der Waals surface area contributed by atoms with Crippen molar-refractivity contribution in [1.29, 1.82) is 0 Å². The monoisotopic (exact) mass is 374 g/mol. The molecule has 9 nitrogen and oxygen atoms in total. The number of amides is 1. The van der Waals surface area contributed by atoms with Gasteiger partial charge in [0.25, 0.3) is 5.91 Å². The standard InChI is InChI=1S/C18H18N2O7/c1-26-16-8-3-11(10-15(16)20(24)25)9-14(18(23)27-2)19-17(22)12-4-6-13(21)7-5-12/h3-8,10,14,21H,9H2,1-2H3,(H,19,22)/t14-/m1/s1. The Kier molecular flexibility index (Phi) is 6.32. The van der Waals surface area contributed by atoms with Gasteiger partial charge in [0.05, 0.1) is 19.1 Å². The molecule has 0 heterocycles. The Bertz CT molecular complexity index is 849. The first-order valence-electron chi connectivity index (χ1n) is 7.84. The number of nitrogens with one attached hydrogen (secondary N) is 1. The summed E-state index contributed by atoms with van der Waals surface area (Å²) in [6, 6.07) is 8.70. The first-order chi connectivity index (χ1) is 12.8. The van der Waals surface area contributed by atoms with Crippen molar-refractivity contribution in [3.8, 4) is 11.5 Å². The highest BCUT2D eigenvalue weighted by atomic mass is 16.6. The molecule has 0 fully saturated rings. The van der Waals surface area contributed by atoms with E-state index in [9.17, 15) is 24.8 Å². The number of hydrogen-bond acceptors (Lipinski definition) is 7. The van der Waals surface area contributed by atoms with Gasteiger partial charge >= 0.3 is 11.7 Å². The number of nitrogens with zero attached hydrogens (tertiary/aromatic N) is 1. The van der Waals surface area contributed by atoms with E-state index in [0.717, 1.165) is 0 Å². The van der Waals surface area contributed by atoms with Gasteiger partial charge in [-0.25, -0.2) is 4.79 Å². The third-order valence-electron chi connectivity index (χ3n) is 3.80. The Labute approximate surface area is 154 Å². The summed E-state index contributed by atoms with van der Waals surface area (Å²) in [5, 5.41) is 23.0. The zero-order valence-electron chi connectivity index (χ0n) is 14.7. The number of phenols is 1. The van der Waals surface area contributed by atoms with Gasteiger partial charge in [-0.2, -0.15) is 0 Å². The number of carbonyl (C=O) groups is 2. The number of nitro groups is 1. The van der Waals surface area contributed by atoms with Gasteiger partial charge in [-0.1, -0.05) is 6.07 Å². The molecule has 2 rings (SSSR count). The number of nitro benzene ring substituents is 1. The molecule has 1 atom stereocenters. The molecule has 0 saturated heterocycles. The quantitative estimate of drug-likeness (QED) is 0.430. The molecule has 0 spiro atoms. The van der Waals surface area contributed by atoms with Gasteiger partial charge < -0.3 is 19.9 Å². The topological polar surface area (TPSA) is 128 Å². The second kappa shape index (κ2) is 8.65. The molecular weight excluding hydrogens is 356 g/mol. The maximum absolute atomic E-state index is 12.3. The second-order valence-electron chi connectivity index (χ2n) is 5.56. The molecule has 2 aromatic rings. The van der Waals surface area contributed by atoms with Crippen molar-refractivity contribution in [2.24, 2.45) is 0 Å². The van der Waals surface area contributed by atoms with E-state index in [1.165, 1.54) is 50.6 Å². The van der Waals surface area contributed by atoms with Gasteiger partial charge in [0, 0.05) is 18.1 Å². The molecule has 0 aromatic heterocycles. The van der Waals surface area contributed by atoms with Crippen molar-refractivity contribution in [1.82, 2.24) is 5.32 Å². The van der Waals surface area contributed by atoms with Crippen LogP contribution in [-0.4, -0.2) is 42.2 Å². The van der Waals surface area contributed by atoms with Crippen LogP contribution >= 0.6 is 0 Å². The molecule has 0 aliphatic heterocycles. The van der Waals surface area contributed by atoms with Crippen molar-refractivity contribution in [2.75, 3.05) is 14.2 Å². The minimum absolute atomic E-state index is 0.00149. The predicted molar refractivity (Wildman–Crippen MR) is 94.7 cm³/mol. The highest BCUT2D eigenvalue weighted by Crippen LogP contribution is 2.28. The number of hydrogen-bond donors (Lipinski definition) is 2. The number of ether oxygens (including phenoxy) is 2. The van der Waals surface area contributed by atoms with E-state index in [4.69, 9.17) is 9.47 Å². The molecule has 27 heavy (non-hydrogen) atoms. The van der Waals surface area contributed by atoms with Crippen molar-refractivity contribution in [2.45, 2.75) is 12.5 Å². The third-order valence-corrected chi connectivity index (χ3v) is 3.80. The molecule has 2 N–H and O–H groups in total. The van der Waals surface area contributed by atoms with E-state index in [1.54, 1.807) is 6.07 Å². The molecule has 0 radical (unpaired) electrons. The summed E-state index contributed by atoms with van der Waals surface area (Å²) in [7, 11) is 2.50. The molecule has 0 aliphatic rings. The summed E-state index contributed by atoms with van der Waals surface area (Å²) < 4.78 is 9.65. The van der Waals surface area contributed by atoms with Crippen molar-refractivity contribution in [3.05, 3.63) is 63.7 Å². The summed E-state index contributed by atoms with van der Waals surface area (Å²) >= 11 is 0. The lowest BCUT2D eigenvalue weighted by atomic mass is 10.0. The summed E-state index contributed by atoms with van der Waals surface area (Å²) in [6.45, 7) is 0. The molecule has 0 aliphatic carbocycles. The van der Waals surface area contributed by atoms with Crippen LogP contribution in [-0.2, 0) is 16.0 Å². The average Bonchev–Trinajstić information content (AvgIpc) is 2.67. The number of rotatable bonds is 7. The second-order valence-corrected chi connectivity index (χ2v) is 5.56. The van der Waals surface area contributed by atoms with Crippen LogP contribution in [0.25, 0.3) is 0 Å². The lowest BCUT2D eigenvalue weighted by Crippen LogP contribution is -2.43. The number of benzene rings is 2. The zero-order chi connectivity index (χ0) is 20.0. The Morgan fingerprint density at radius 2 is 1.85 bits per heavy atom. The van der Waals surface area contributed by atoms with E-state index in [2.05, 4.69) is 5.32 Å². The van der Waals surface area contributed by atoms with Crippen molar-refractivity contribution in [3.63, 3.8) is 0 Å². The maximum atomic E-state index is 12.3. The normalized spacial score (nSPS) is 11.3. The lowest BCUT2D eigenvalue weighted by Gasteiger charge is -2.17. The van der Waals surface area contributed by atoms with Gasteiger partial charge in [-0.05, 0) is 35.9 Å². The van der Waals surface area contributed by atoms with Gasteiger partial charge in [-0.15, -0.1) is 0 Å². The fraction of sp³-hybridized carbons (Fsp3) is 0.222. The highest BCUT2D eigenvalue weighted by Gasteiger charge is 2.24. The summed E-state index contributed by atoms with van der Waals surface area (Å²) in [4.78, 5) is 34.9. The Morgan fingerprint density at radius 1 is 1.19 bits per heavy atom. The number of aromatic hydroxyl groups is 1. The summed E-state index contributed by atoms with van der Waals surface area (Å²) in [5.74, 6) is -1.15. The molecule has 1 amide bonds. The van der Waals surface area contributed by atoms with Gasteiger partial charge in [0.1, 0.15) is 11.8 Å². The van der Waals surface area contributed by atoms with E-state index >= 15 is 0 Å². The fourth-order valence-corrected chi connectivity index (χ4v) is 2.43. The van der Waals surface area contributed by atoms with Crippen molar-refractivity contribution >= 4 is 17.6 Å². The van der Waals surface area contributed by atoms with Crippen LogP contribution in [0.1, 0.15) is 15.9 Å². The third kappa shape index (κ3) is 4.94. The smallest absolute Gasteiger partial charge is 0.328 e. The number of esters is 1. The largest absolute Gasteiger partial charge is 0.508 e. The maximum Gasteiger partial charge on any atom is 0.328 e. The molecule has 0 bridgehead atoms. The van der Waals surface area contributed by atoms with Crippen molar-refractivity contribution < 1.29 is 29.1 Å². The molecule has 0 saturated carbocycles. The number of carbonyl (C=O) groups excluding carboxylic acids is 2. The van der Waals surface area contributed by atoms with Crippen LogP contribution in [0, 0.1) is 10.1 Å². The Hall–Kier alpha value is -3.62. The number of methoxy groups -OCH3 is 2. The van der Waals surface area contributed by atoms with Gasteiger partial charge in [0.2, 0.25) is 0 Å². The van der Waals surface area contributed by atoms with Gasteiger partial charge in [-0.3, -0.25) is 14.9 Å². The highest BCUT2D eigenvalue weighted by molar-refractivity contribution is 5.96. The van der Waals surface area contributed by atoms with E-state index in [-0.39, 0.29) is 29.2 Å². The lowest BCUT2D eigenvalue weighted by molar-refractivity contribution is -0.385. The molecule has 9 heteroatoms. The molecule has 2 aromatic carbocycles. The van der Waals surface area contributed by atoms with Crippen LogP contribution in [0.2, 0.25) is 0 Å². The predicted octanol–water partition coefficient (Wildman–Crippen LogP) is 1.82. The van der Waals surface area contributed by atoms with Gasteiger partial charge in [0.15, 0.2) is 5.75 Å². The van der Waals surface area contributed by atoms with E-state index in [0.29, 0.717) is 5.56 Å².